The lowest BCUT2D eigenvalue weighted by molar-refractivity contribution is 0.102. The number of H-pyrrole nitrogens is 1. The van der Waals surface area contributed by atoms with E-state index in [1.165, 1.54) is 18.3 Å². The van der Waals surface area contributed by atoms with Crippen LogP contribution in [0.25, 0.3) is 17.0 Å². The van der Waals surface area contributed by atoms with Gasteiger partial charge in [0.25, 0.3) is 5.91 Å². The van der Waals surface area contributed by atoms with Gasteiger partial charge in [0.2, 0.25) is 15.3 Å². The lowest BCUT2D eigenvalue weighted by Crippen LogP contribution is -2.22. The number of fused-ring (bicyclic) bond motifs is 2. The Morgan fingerprint density at radius 2 is 1.88 bits per heavy atom. The Kier molecular flexibility index (Phi) is 3.33. The number of aromatic amines is 1. The van der Waals surface area contributed by atoms with E-state index < -0.39 is 15.7 Å². The lowest BCUT2D eigenvalue weighted by atomic mass is 10.1. The van der Waals surface area contributed by atoms with Gasteiger partial charge in [0.05, 0.1) is 4.90 Å². The standard InChI is InChI=1S/C18H12N2O4S/c21-17-13-3-1-2-4-15(13)19-10-14(17)18(22)20-12-6-5-11-7-8-25(23,24)16(11)9-12/h1-10H,(H,19,21)(H,20,22). The van der Waals surface area contributed by atoms with Crippen LogP contribution in [0.4, 0.5) is 5.69 Å². The van der Waals surface area contributed by atoms with Gasteiger partial charge in [-0.3, -0.25) is 9.59 Å². The Bertz CT molecular complexity index is 1220. The normalized spacial score (nSPS) is 14.4. The molecule has 0 spiro atoms. The average molecular weight is 352 g/mol. The molecule has 0 aliphatic carbocycles. The van der Waals surface area contributed by atoms with E-state index in [1.807, 2.05) is 0 Å². The highest BCUT2D eigenvalue weighted by Crippen LogP contribution is 2.29. The molecule has 0 unspecified atom stereocenters. The molecule has 3 aromatic rings. The predicted octanol–water partition coefficient (Wildman–Crippen LogP) is 2.54. The summed E-state index contributed by atoms with van der Waals surface area (Å²) >= 11 is 0. The predicted molar refractivity (Wildman–Crippen MR) is 95.2 cm³/mol. The van der Waals surface area contributed by atoms with Crippen LogP contribution in [0, 0.1) is 0 Å². The van der Waals surface area contributed by atoms with E-state index in [1.54, 1.807) is 36.4 Å². The Labute approximate surface area is 142 Å². The summed E-state index contributed by atoms with van der Waals surface area (Å²) in [5.41, 5.74) is 1.09. The molecule has 25 heavy (non-hydrogen) atoms. The number of anilines is 1. The summed E-state index contributed by atoms with van der Waals surface area (Å²) in [6, 6.07) is 11.5. The van der Waals surface area contributed by atoms with Crippen molar-refractivity contribution in [2.45, 2.75) is 4.90 Å². The SMILES string of the molecule is O=C(Nc1ccc2c(c1)S(=O)(=O)C=C2)c1c[nH]c2ccccc2c1=O. The molecule has 0 saturated carbocycles. The van der Waals surface area contributed by atoms with Gasteiger partial charge >= 0.3 is 0 Å². The number of pyridine rings is 1. The molecule has 0 saturated heterocycles. The summed E-state index contributed by atoms with van der Waals surface area (Å²) in [7, 11) is -3.47. The fraction of sp³-hybridized carbons (Fsp3) is 0. The Hall–Kier alpha value is -3.19. The van der Waals surface area contributed by atoms with E-state index in [2.05, 4.69) is 10.3 Å². The topological polar surface area (TPSA) is 96.1 Å². The number of amides is 1. The summed E-state index contributed by atoms with van der Waals surface area (Å²) in [4.78, 5) is 28.0. The van der Waals surface area contributed by atoms with E-state index >= 15 is 0 Å². The van der Waals surface area contributed by atoms with Gasteiger partial charge < -0.3 is 10.3 Å². The van der Waals surface area contributed by atoms with E-state index in [9.17, 15) is 18.0 Å². The molecule has 7 heteroatoms. The van der Waals surface area contributed by atoms with Gasteiger partial charge in [-0.25, -0.2) is 8.42 Å². The van der Waals surface area contributed by atoms with Crippen molar-refractivity contribution < 1.29 is 13.2 Å². The van der Waals surface area contributed by atoms with Gasteiger partial charge in [-0.15, -0.1) is 0 Å². The molecule has 1 aromatic heterocycles. The maximum absolute atomic E-state index is 12.5. The first-order valence-corrected chi connectivity index (χ1v) is 8.99. The monoisotopic (exact) mass is 352 g/mol. The first kappa shape index (κ1) is 15.3. The van der Waals surface area contributed by atoms with Gasteiger partial charge in [0.15, 0.2) is 0 Å². The lowest BCUT2D eigenvalue weighted by Gasteiger charge is -2.08. The number of benzene rings is 2. The molecule has 4 rings (SSSR count). The Morgan fingerprint density at radius 3 is 2.72 bits per heavy atom. The maximum Gasteiger partial charge on any atom is 0.261 e. The highest BCUT2D eigenvalue weighted by molar-refractivity contribution is 7.94. The van der Waals surface area contributed by atoms with Crippen LogP contribution in [0.1, 0.15) is 15.9 Å². The first-order valence-electron chi connectivity index (χ1n) is 7.45. The number of para-hydroxylation sites is 1. The quantitative estimate of drug-likeness (QED) is 0.741. The van der Waals surface area contributed by atoms with Crippen LogP contribution >= 0.6 is 0 Å². The van der Waals surface area contributed by atoms with Gasteiger partial charge in [0.1, 0.15) is 5.56 Å². The molecule has 1 aliphatic heterocycles. The third-order valence-corrected chi connectivity index (χ3v) is 5.50. The molecule has 1 aliphatic rings. The molecular formula is C18H12N2O4S. The minimum atomic E-state index is -3.47. The summed E-state index contributed by atoms with van der Waals surface area (Å²) in [6.07, 6.45) is 2.86. The number of carbonyl (C=O) groups excluding carboxylic acids is 1. The van der Waals surface area contributed by atoms with Gasteiger partial charge in [-0.2, -0.15) is 0 Å². The van der Waals surface area contributed by atoms with Crippen LogP contribution in [0.3, 0.4) is 0 Å². The van der Waals surface area contributed by atoms with Crippen molar-refractivity contribution in [1.29, 1.82) is 0 Å². The Morgan fingerprint density at radius 1 is 1.08 bits per heavy atom. The molecule has 2 heterocycles. The van der Waals surface area contributed by atoms with Crippen LogP contribution in [0.15, 0.2) is 63.8 Å². The third kappa shape index (κ3) is 2.54. The minimum absolute atomic E-state index is 0.0415. The van der Waals surface area contributed by atoms with Crippen LogP contribution in [-0.4, -0.2) is 19.3 Å². The minimum Gasteiger partial charge on any atom is -0.360 e. The van der Waals surface area contributed by atoms with Gasteiger partial charge in [-0.1, -0.05) is 18.2 Å². The van der Waals surface area contributed by atoms with Crippen molar-refractivity contribution in [2.24, 2.45) is 0 Å². The fourth-order valence-electron chi connectivity index (χ4n) is 2.77. The second-order valence-corrected chi connectivity index (χ2v) is 7.43. The average Bonchev–Trinajstić information content (AvgIpc) is 2.90. The van der Waals surface area contributed by atoms with E-state index in [4.69, 9.17) is 0 Å². The highest BCUT2D eigenvalue weighted by atomic mass is 32.2. The molecule has 0 radical (unpaired) electrons. The summed E-state index contributed by atoms with van der Waals surface area (Å²) in [5, 5.41) is 4.12. The number of carbonyl (C=O) groups is 1. The Balaban J connectivity index is 1.70. The van der Waals surface area contributed by atoms with Gasteiger partial charge in [-0.05, 0) is 35.9 Å². The molecule has 1 amide bonds. The zero-order valence-electron chi connectivity index (χ0n) is 12.8. The molecule has 0 fully saturated rings. The third-order valence-electron chi connectivity index (χ3n) is 4.04. The number of aromatic nitrogens is 1. The molecule has 0 atom stereocenters. The van der Waals surface area contributed by atoms with Crippen LogP contribution in [-0.2, 0) is 9.84 Å². The largest absolute Gasteiger partial charge is 0.360 e. The number of rotatable bonds is 2. The zero-order chi connectivity index (χ0) is 17.6. The van der Waals surface area contributed by atoms with E-state index in [0.29, 0.717) is 22.2 Å². The molecule has 2 N–H and O–H groups in total. The molecular weight excluding hydrogens is 340 g/mol. The molecule has 6 nitrogen and oxygen atoms in total. The van der Waals surface area contributed by atoms with Crippen molar-refractivity contribution in [3.8, 4) is 0 Å². The van der Waals surface area contributed by atoms with Crippen molar-refractivity contribution in [3.05, 3.63) is 75.4 Å². The molecule has 2 aromatic carbocycles. The number of sulfone groups is 1. The molecule has 0 bridgehead atoms. The summed E-state index contributed by atoms with van der Waals surface area (Å²) < 4.78 is 23.8. The second-order valence-electron chi connectivity index (χ2n) is 5.63. The molecule has 124 valence electrons. The summed E-state index contributed by atoms with van der Waals surface area (Å²) in [5.74, 6) is -0.602. The van der Waals surface area contributed by atoms with Crippen molar-refractivity contribution in [1.82, 2.24) is 4.98 Å². The zero-order valence-corrected chi connectivity index (χ0v) is 13.6. The van der Waals surface area contributed by atoms with Crippen LogP contribution in [0.5, 0.6) is 0 Å². The van der Waals surface area contributed by atoms with Gasteiger partial charge in [0, 0.05) is 28.2 Å². The van der Waals surface area contributed by atoms with Crippen LogP contribution in [0.2, 0.25) is 0 Å². The second kappa shape index (κ2) is 5.42. The number of hydrogen-bond donors (Lipinski definition) is 2. The maximum atomic E-state index is 12.5. The van der Waals surface area contributed by atoms with Crippen LogP contribution < -0.4 is 10.7 Å². The van der Waals surface area contributed by atoms with E-state index in [0.717, 1.165) is 5.41 Å². The summed E-state index contributed by atoms with van der Waals surface area (Å²) in [6.45, 7) is 0. The van der Waals surface area contributed by atoms with Crippen molar-refractivity contribution in [2.75, 3.05) is 5.32 Å². The number of hydrogen-bond acceptors (Lipinski definition) is 4. The fourth-order valence-corrected chi connectivity index (χ4v) is 4.00. The first-order chi connectivity index (χ1) is 12.0. The number of nitrogens with one attached hydrogen (secondary N) is 2. The highest BCUT2D eigenvalue weighted by Gasteiger charge is 2.21. The van der Waals surface area contributed by atoms with Crippen molar-refractivity contribution >= 4 is 38.4 Å². The van der Waals surface area contributed by atoms with E-state index in [-0.39, 0.29) is 15.9 Å². The van der Waals surface area contributed by atoms with Crippen molar-refractivity contribution in [3.63, 3.8) is 0 Å². The smallest absolute Gasteiger partial charge is 0.261 e.